The smallest absolute Gasteiger partial charge is 0.241 e. The van der Waals surface area contributed by atoms with E-state index < -0.39 is 0 Å². The van der Waals surface area contributed by atoms with Crippen molar-refractivity contribution in [3.8, 4) is 0 Å². The number of nitrogens with zero attached hydrogens (tertiary/aromatic N) is 1. The van der Waals surface area contributed by atoms with Crippen molar-refractivity contribution < 1.29 is 9.53 Å². The highest BCUT2D eigenvalue weighted by atomic mass is 32.1. The Bertz CT molecular complexity index is 406. The summed E-state index contributed by atoms with van der Waals surface area (Å²) in [5.74, 6) is 0.684. The van der Waals surface area contributed by atoms with Gasteiger partial charge in [0, 0.05) is 13.2 Å². The summed E-state index contributed by atoms with van der Waals surface area (Å²) in [5.41, 5.74) is 1.16. The van der Waals surface area contributed by atoms with Gasteiger partial charge in [-0.2, -0.15) is 11.3 Å². The molecule has 106 valence electrons. The normalized spacial score (nSPS) is 23.6. The SMILES string of the molecule is CC(C)COCCN1C(=O)C(C)NC1c1ccsc1. The summed E-state index contributed by atoms with van der Waals surface area (Å²) in [4.78, 5) is 14.0. The van der Waals surface area contributed by atoms with E-state index >= 15 is 0 Å². The molecule has 1 aliphatic heterocycles. The Morgan fingerprint density at radius 3 is 2.95 bits per heavy atom. The minimum atomic E-state index is -0.116. The van der Waals surface area contributed by atoms with E-state index in [1.54, 1.807) is 11.3 Å². The monoisotopic (exact) mass is 282 g/mol. The lowest BCUT2D eigenvalue weighted by Crippen LogP contribution is -2.33. The molecule has 1 aromatic rings. The van der Waals surface area contributed by atoms with Crippen LogP contribution in [-0.2, 0) is 9.53 Å². The molecule has 0 saturated carbocycles. The van der Waals surface area contributed by atoms with E-state index in [-0.39, 0.29) is 18.1 Å². The first-order valence-electron chi connectivity index (χ1n) is 6.76. The zero-order valence-corrected chi connectivity index (χ0v) is 12.6. The largest absolute Gasteiger partial charge is 0.379 e. The molecular weight excluding hydrogens is 260 g/mol. The number of ether oxygens (including phenoxy) is 1. The molecule has 2 rings (SSSR count). The molecule has 0 aliphatic carbocycles. The minimum absolute atomic E-state index is 0.00333. The van der Waals surface area contributed by atoms with Gasteiger partial charge in [0.25, 0.3) is 0 Å². The van der Waals surface area contributed by atoms with Crippen molar-refractivity contribution in [3.05, 3.63) is 22.4 Å². The second kappa shape index (κ2) is 6.50. The molecule has 19 heavy (non-hydrogen) atoms. The van der Waals surface area contributed by atoms with E-state index in [0.29, 0.717) is 19.1 Å². The molecule has 0 bridgehead atoms. The third kappa shape index (κ3) is 3.55. The number of thiophene rings is 1. The van der Waals surface area contributed by atoms with Crippen molar-refractivity contribution in [2.24, 2.45) is 5.92 Å². The van der Waals surface area contributed by atoms with Gasteiger partial charge in [-0.3, -0.25) is 10.1 Å². The standard InChI is InChI=1S/C14H22N2O2S/c1-10(2)8-18-6-5-16-13(12-4-7-19-9-12)15-11(3)14(16)17/h4,7,9-11,13,15H,5-6,8H2,1-3H3. The van der Waals surface area contributed by atoms with Gasteiger partial charge < -0.3 is 9.64 Å². The van der Waals surface area contributed by atoms with Gasteiger partial charge in [0.2, 0.25) is 5.91 Å². The summed E-state index contributed by atoms with van der Waals surface area (Å²) in [7, 11) is 0. The fourth-order valence-electron chi connectivity index (χ4n) is 2.20. The van der Waals surface area contributed by atoms with Gasteiger partial charge in [0.1, 0.15) is 6.17 Å². The molecular formula is C14H22N2O2S. The second-order valence-electron chi connectivity index (χ2n) is 5.35. The molecule has 0 aromatic carbocycles. The Labute approximate surface area is 118 Å². The van der Waals surface area contributed by atoms with Crippen LogP contribution < -0.4 is 5.32 Å². The Morgan fingerprint density at radius 2 is 2.32 bits per heavy atom. The molecule has 4 nitrogen and oxygen atoms in total. The summed E-state index contributed by atoms with van der Waals surface area (Å²) in [5, 5.41) is 7.46. The van der Waals surface area contributed by atoms with Crippen LogP contribution in [0.2, 0.25) is 0 Å². The van der Waals surface area contributed by atoms with E-state index in [9.17, 15) is 4.79 Å². The maximum Gasteiger partial charge on any atom is 0.241 e. The van der Waals surface area contributed by atoms with E-state index in [1.807, 2.05) is 17.2 Å². The van der Waals surface area contributed by atoms with Crippen molar-refractivity contribution in [1.82, 2.24) is 10.2 Å². The molecule has 1 amide bonds. The van der Waals surface area contributed by atoms with Gasteiger partial charge >= 0.3 is 0 Å². The van der Waals surface area contributed by atoms with Crippen molar-refractivity contribution in [2.75, 3.05) is 19.8 Å². The van der Waals surface area contributed by atoms with Crippen LogP contribution in [0.15, 0.2) is 16.8 Å². The average Bonchev–Trinajstić information content (AvgIpc) is 2.96. The molecule has 2 heterocycles. The fraction of sp³-hybridized carbons (Fsp3) is 0.643. The number of hydrogen-bond acceptors (Lipinski definition) is 4. The summed E-state index contributed by atoms with van der Waals surface area (Å²) in [6, 6.07) is 1.95. The molecule has 1 saturated heterocycles. The molecule has 2 unspecified atom stereocenters. The van der Waals surface area contributed by atoms with Gasteiger partial charge in [-0.15, -0.1) is 0 Å². The average molecular weight is 282 g/mol. The molecule has 0 spiro atoms. The van der Waals surface area contributed by atoms with Gasteiger partial charge in [0.05, 0.1) is 12.6 Å². The highest BCUT2D eigenvalue weighted by molar-refractivity contribution is 7.07. The van der Waals surface area contributed by atoms with E-state index in [4.69, 9.17) is 4.74 Å². The number of rotatable bonds is 6. The summed E-state index contributed by atoms with van der Waals surface area (Å²) in [6.07, 6.45) is -0.00333. The van der Waals surface area contributed by atoms with Gasteiger partial charge in [-0.1, -0.05) is 13.8 Å². The summed E-state index contributed by atoms with van der Waals surface area (Å²) < 4.78 is 5.59. The lowest BCUT2D eigenvalue weighted by atomic mass is 10.2. The number of carbonyl (C=O) groups excluding carboxylic acids is 1. The fourth-order valence-corrected chi connectivity index (χ4v) is 2.88. The highest BCUT2D eigenvalue weighted by Crippen LogP contribution is 2.26. The number of amides is 1. The third-order valence-corrected chi connectivity index (χ3v) is 3.86. The Kier molecular flexibility index (Phi) is 4.96. The predicted molar refractivity (Wildman–Crippen MR) is 77.0 cm³/mol. The van der Waals surface area contributed by atoms with Crippen LogP contribution in [0.25, 0.3) is 0 Å². The van der Waals surface area contributed by atoms with E-state index in [0.717, 1.165) is 12.2 Å². The maximum absolute atomic E-state index is 12.2. The van der Waals surface area contributed by atoms with Crippen LogP contribution in [0, 0.1) is 5.92 Å². The second-order valence-corrected chi connectivity index (χ2v) is 6.13. The van der Waals surface area contributed by atoms with Gasteiger partial charge in [-0.25, -0.2) is 0 Å². The first-order chi connectivity index (χ1) is 9.09. The van der Waals surface area contributed by atoms with Crippen LogP contribution in [0.4, 0.5) is 0 Å². The topological polar surface area (TPSA) is 41.6 Å². The molecule has 1 aromatic heterocycles. The molecule has 1 aliphatic rings. The van der Waals surface area contributed by atoms with Gasteiger partial charge in [0.15, 0.2) is 0 Å². The lowest BCUT2D eigenvalue weighted by molar-refractivity contribution is -0.130. The van der Waals surface area contributed by atoms with Crippen molar-refractivity contribution in [3.63, 3.8) is 0 Å². The molecule has 5 heteroatoms. The molecule has 1 fully saturated rings. The summed E-state index contributed by atoms with van der Waals surface area (Å²) >= 11 is 1.65. The van der Waals surface area contributed by atoms with Crippen LogP contribution in [0.1, 0.15) is 32.5 Å². The molecule has 2 atom stereocenters. The first kappa shape index (κ1) is 14.5. The van der Waals surface area contributed by atoms with Crippen molar-refractivity contribution in [1.29, 1.82) is 0 Å². The van der Waals surface area contributed by atoms with Crippen LogP contribution >= 0.6 is 11.3 Å². The molecule has 1 N–H and O–H groups in total. The third-order valence-electron chi connectivity index (χ3n) is 3.16. The lowest BCUT2D eigenvalue weighted by Gasteiger charge is -2.23. The Balaban J connectivity index is 1.93. The Morgan fingerprint density at radius 1 is 1.53 bits per heavy atom. The maximum atomic E-state index is 12.2. The van der Waals surface area contributed by atoms with Gasteiger partial charge in [-0.05, 0) is 35.2 Å². The molecule has 0 radical (unpaired) electrons. The van der Waals surface area contributed by atoms with Crippen LogP contribution in [0.5, 0.6) is 0 Å². The number of nitrogens with one attached hydrogen (secondary N) is 1. The minimum Gasteiger partial charge on any atom is -0.379 e. The predicted octanol–water partition coefficient (Wildman–Crippen LogP) is 2.24. The number of carbonyl (C=O) groups is 1. The Hall–Kier alpha value is -0.910. The zero-order chi connectivity index (χ0) is 13.8. The number of hydrogen-bond donors (Lipinski definition) is 1. The van der Waals surface area contributed by atoms with E-state index in [1.165, 1.54) is 0 Å². The highest BCUT2D eigenvalue weighted by Gasteiger charge is 2.36. The van der Waals surface area contributed by atoms with E-state index in [2.05, 4.69) is 30.6 Å². The van der Waals surface area contributed by atoms with Crippen molar-refractivity contribution >= 4 is 17.2 Å². The first-order valence-corrected chi connectivity index (χ1v) is 7.70. The van der Waals surface area contributed by atoms with Crippen LogP contribution in [-0.4, -0.2) is 36.6 Å². The zero-order valence-electron chi connectivity index (χ0n) is 11.8. The van der Waals surface area contributed by atoms with Crippen molar-refractivity contribution in [2.45, 2.75) is 33.0 Å². The van der Waals surface area contributed by atoms with Crippen LogP contribution in [0.3, 0.4) is 0 Å². The quantitative estimate of drug-likeness (QED) is 0.814. The summed E-state index contributed by atoms with van der Waals surface area (Å²) in [6.45, 7) is 8.14.